The lowest BCUT2D eigenvalue weighted by Gasteiger charge is -2.01. The van der Waals surface area contributed by atoms with Crippen LogP contribution < -0.4 is 5.43 Å². The third kappa shape index (κ3) is 1.85. The fourth-order valence-corrected chi connectivity index (χ4v) is 2.02. The first-order chi connectivity index (χ1) is 5.54. The van der Waals surface area contributed by atoms with Gasteiger partial charge in [-0.2, -0.15) is 0 Å². The molecule has 6 heteroatoms. The first kappa shape index (κ1) is 10.1. The summed E-state index contributed by atoms with van der Waals surface area (Å²) in [7, 11) is 0. The number of nitrogens with one attached hydrogen (secondary N) is 1. The van der Waals surface area contributed by atoms with Crippen LogP contribution in [0.1, 0.15) is 12.1 Å². The van der Waals surface area contributed by atoms with E-state index < -0.39 is 11.9 Å². The summed E-state index contributed by atoms with van der Waals surface area (Å²) in [4.78, 5) is 13.4. The zero-order chi connectivity index (χ0) is 9.30. The van der Waals surface area contributed by atoms with Gasteiger partial charge < -0.3 is 4.98 Å². The highest BCUT2D eigenvalue weighted by atomic mass is 127. The maximum Gasteiger partial charge on any atom is 0.279 e. The van der Waals surface area contributed by atoms with Crippen molar-refractivity contribution in [1.82, 2.24) is 4.98 Å². The average molecular weight is 350 g/mol. The Balaban J connectivity index is 3.37. The molecule has 12 heavy (non-hydrogen) atoms. The first-order valence-corrected chi connectivity index (χ1v) is 4.76. The van der Waals surface area contributed by atoms with Crippen molar-refractivity contribution in [2.75, 3.05) is 0 Å². The van der Waals surface area contributed by atoms with Crippen LogP contribution in [0.25, 0.3) is 0 Å². The van der Waals surface area contributed by atoms with Crippen LogP contribution in [0.3, 0.4) is 0 Å². The summed E-state index contributed by atoms with van der Waals surface area (Å²) in [6.07, 6.45) is -1.43. The molecule has 66 valence electrons. The molecule has 0 atom stereocenters. The zero-order valence-electron chi connectivity index (χ0n) is 5.57. The van der Waals surface area contributed by atoms with E-state index in [0.29, 0.717) is 0 Å². The van der Waals surface area contributed by atoms with Crippen LogP contribution in [0.2, 0.25) is 0 Å². The van der Waals surface area contributed by atoms with Gasteiger partial charge >= 0.3 is 0 Å². The van der Waals surface area contributed by atoms with Gasteiger partial charge in [-0.3, -0.25) is 4.79 Å². The summed E-state index contributed by atoms with van der Waals surface area (Å²) in [6, 6.07) is 0. The van der Waals surface area contributed by atoms with Gasteiger partial charge in [-0.15, -0.1) is 0 Å². The molecule has 0 saturated carbocycles. The van der Waals surface area contributed by atoms with E-state index in [1.54, 1.807) is 22.6 Å². The molecule has 1 aromatic heterocycles. The number of hydrogen-bond donors (Lipinski definition) is 1. The van der Waals surface area contributed by atoms with Crippen LogP contribution in [0.5, 0.6) is 0 Å². The van der Waals surface area contributed by atoms with E-state index in [0.717, 1.165) is 0 Å². The molecule has 2 nitrogen and oxygen atoms in total. The van der Waals surface area contributed by atoms with Crippen molar-refractivity contribution in [3.05, 3.63) is 30.2 Å². The highest BCUT2D eigenvalue weighted by molar-refractivity contribution is 14.1. The van der Waals surface area contributed by atoms with Gasteiger partial charge in [-0.1, -0.05) is 0 Å². The molecule has 0 saturated heterocycles. The largest absolute Gasteiger partial charge is 0.358 e. The Morgan fingerprint density at radius 1 is 1.58 bits per heavy atom. The molecule has 1 rings (SSSR count). The molecule has 0 aromatic carbocycles. The van der Waals surface area contributed by atoms with Crippen molar-refractivity contribution >= 4 is 38.5 Å². The van der Waals surface area contributed by atoms with Crippen molar-refractivity contribution in [2.45, 2.75) is 6.43 Å². The Morgan fingerprint density at radius 2 is 2.17 bits per heavy atom. The summed E-state index contributed by atoms with van der Waals surface area (Å²) in [6.45, 7) is 0. The van der Waals surface area contributed by atoms with Crippen LogP contribution in [0.15, 0.2) is 15.5 Å². The summed E-state index contributed by atoms with van der Waals surface area (Å²) in [5, 5.41) is 0. The van der Waals surface area contributed by atoms with E-state index in [1.165, 1.54) is 6.20 Å². The lowest BCUT2D eigenvalue weighted by molar-refractivity contribution is 0.145. The highest BCUT2D eigenvalue weighted by Gasteiger charge is 2.15. The lowest BCUT2D eigenvalue weighted by atomic mass is 10.3. The van der Waals surface area contributed by atoms with Crippen molar-refractivity contribution in [1.29, 1.82) is 0 Å². The van der Waals surface area contributed by atoms with E-state index in [2.05, 4.69) is 20.9 Å². The third-order valence-electron chi connectivity index (χ3n) is 1.23. The number of alkyl halides is 2. The summed E-state index contributed by atoms with van der Waals surface area (Å²) >= 11 is 4.53. The van der Waals surface area contributed by atoms with Gasteiger partial charge in [-0.05, 0) is 38.5 Å². The van der Waals surface area contributed by atoms with Crippen LogP contribution in [-0.2, 0) is 0 Å². The molecule has 0 aliphatic heterocycles. The Morgan fingerprint density at radius 3 is 2.67 bits per heavy atom. The van der Waals surface area contributed by atoms with E-state index in [1.807, 2.05) is 0 Å². The zero-order valence-corrected chi connectivity index (χ0v) is 9.32. The maximum absolute atomic E-state index is 12.1. The van der Waals surface area contributed by atoms with Crippen LogP contribution >= 0.6 is 38.5 Å². The molecule has 1 aromatic rings. The Kier molecular flexibility index (Phi) is 3.22. The molecule has 0 aliphatic carbocycles. The quantitative estimate of drug-likeness (QED) is 0.777. The van der Waals surface area contributed by atoms with Gasteiger partial charge in [0.1, 0.15) is 0 Å². The van der Waals surface area contributed by atoms with Gasteiger partial charge in [0.25, 0.3) is 6.43 Å². The molecular formula is C6H3BrF2INO. The second kappa shape index (κ2) is 3.82. The predicted octanol–water partition coefficient (Wildman–Crippen LogP) is 2.68. The van der Waals surface area contributed by atoms with E-state index in [9.17, 15) is 13.6 Å². The molecule has 0 radical (unpaired) electrons. The number of rotatable bonds is 1. The lowest BCUT2D eigenvalue weighted by Crippen LogP contribution is -2.11. The minimum atomic E-state index is -2.64. The molecular weight excluding hydrogens is 347 g/mol. The smallest absolute Gasteiger partial charge is 0.279 e. The van der Waals surface area contributed by atoms with Gasteiger partial charge in [0.05, 0.1) is 13.7 Å². The number of aromatic nitrogens is 1. The number of hydrogen-bond acceptors (Lipinski definition) is 1. The summed E-state index contributed by atoms with van der Waals surface area (Å²) in [5.41, 5.74) is -0.742. The number of H-pyrrole nitrogens is 1. The molecule has 0 spiro atoms. The van der Waals surface area contributed by atoms with E-state index >= 15 is 0 Å². The fourth-order valence-electron chi connectivity index (χ4n) is 0.656. The number of aromatic amines is 1. The molecule has 1 N–H and O–H groups in total. The summed E-state index contributed by atoms with van der Waals surface area (Å²) in [5.74, 6) is 0. The van der Waals surface area contributed by atoms with Crippen LogP contribution in [-0.4, -0.2) is 4.98 Å². The average Bonchev–Trinajstić information content (AvgIpc) is 2.00. The third-order valence-corrected chi connectivity index (χ3v) is 2.89. The molecule has 0 aliphatic rings. The molecule has 0 amide bonds. The van der Waals surface area contributed by atoms with Crippen molar-refractivity contribution in [3.8, 4) is 0 Å². The van der Waals surface area contributed by atoms with Gasteiger partial charge in [0.15, 0.2) is 0 Å². The summed E-state index contributed by atoms with van der Waals surface area (Å²) < 4.78 is 24.6. The minimum absolute atomic E-state index is 0.0250. The van der Waals surface area contributed by atoms with E-state index in [4.69, 9.17) is 0 Å². The monoisotopic (exact) mass is 349 g/mol. The molecule has 1 heterocycles. The highest BCUT2D eigenvalue weighted by Crippen LogP contribution is 2.20. The number of halogens is 4. The van der Waals surface area contributed by atoms with Crippen LogP contribution in [0.4, 0.5) is 8.78 Å². The SMILES string of the molecule is O=c1c(Br)c[nH]c(C(F)F)c1I. The van der Waals surface area contributed by atoms with Crippen molar-refractivity contribution in [3.63, 3.8) is 0 Å². The predicted molar refractivity (Wildman–Crippen MR) is 52.4 cm³/mol. The maximum atomic E-state index is 12.1. The second-order valence-corrected chi connectivity index (χ2v) is 3.93. The van der Waals surface area contributed by atoms with Gasteiger partial charge in [-0.25, -0.2) is 8.78 Å². The topological polar surface area (TPSA) is 32.9 Å². The minimum Gasteiger partial charge on any atom is -0.358 e. The van der Waals surface area contributed by atoms with Gasteiger partial charge in [0, 0.05) is 6.20 Å². The van der Waals surface area contributed by atoms with E-state index in [-0.39, 0.29) is 13.7 Å². The standard InChI is InChI=1S/C6H3BrF2INO/c7-2-1-11-4(6(8)9)3(10)5(2)12/h1,6H,(H,11,12). The molecule has 0 unspecified atom stereocenters. The Labute approximate surface area is 88.6 Å². The fraction of sp³-hybridized carbons (Fsp3) is 0.167. The molecule has 0 fully saturated rings. The van der Waals surface area contributed by atoms with Gasteiger partial charge in [0.2, 0.25) is 5.43 Å². The first-order valence-electron chi connectivity index (χ1n) is 2.88. The Bertz CT molecular complexity index is 352. The normalized spacial score (nSPS) is 10.8. The van der Waals surface area contributed by atoms with Crippen LogP contribution in [0, 0.1) is 3.57 Å². The second-order valence-electron chi connectivity index (χ2n) is 1.99. The Hall–Kier alpha value is 0.0200. The van der Waals surface area contributed by atoms with Crippen molar-refractivity contribution in [2.24, 2.45) is 0 Å². The van der Waals surface area contributed by atoms with Crippen molar-refractivity contribution < 1.29 is 8.78 Å². The number of pyridine rings is 1. The molecule has 0 bridgehead atoms.